The molecule has 15 heteroatoms. The van der Waals surface area contributed by atoms with Gasteiger partial charge >= 0.3 is 23.9 Å². The molecule has 4 unspecified atom stereocenters. The number of hydrogen-bond donors (Lipinski definition) is 11. The van der Waals surface area contributed by atoms with Crippen LogP contribution in [0.1, 0.15) is 32.3 Å². The topological polar surface area (TPSA) is 300 Å². The van der Waals surface area contributed by atoms with E-state index in [1.807, 2.05) is 0 Å². The number of aliphatic hydroxyl groups excluding tert-OH is 2. The van der Waals surface area contributed by atoms with Gasteiger partial charge in [-0.1, -0.05) is 12.1 Å². The van der Waals surface area contributed by atoms with Crippen molar-refractivity contribution in [2.75, 3.05) is 6.54 Å². The summed E-state index contributed by atoms with van der Waals surface area (Å²) in [4.78, 5) is 40.2. The summed E-state index contributed by atoms with van der Waals surface area (Å²) >= 11 is 0. The van der Waals surface area contributed by atoms with Crippen LogP contribution in [-0.4, -0.2) is 103 Å². The number of aliphatic carboxylic acids is 4. The van der Waals surface area contributed by atoms with E-state index < -0.39 is 54.2 Å². The van der Waals surface area contributed by atoms with E-state index in [1.54, 1.807) is 12.1 Å². The SMILES string of the molecule is CC(O)C(N)C(=O)O.C[C@H](O)[C@@H](N)C(=O)O.NC(Cc1ccc(O)cc1)C(=O)O.O=C(O)C1CCCN1. The highest BCUT2D eigenvalue weighted by molar-refractivity contribution is 5.74. The first-order valence-electron chi connectivity index (χ1n) is 11.1. The Morgan fingerprint density at radius 3 is 1.51 bits per heavy atom. The highest BCUT2D eigenvalue weighted by Gasteiger charge is 2.20. The number of aromatic hydroxyl groups is 1. The van der Waals surface area contributed by atoms with Crippen LogP contribution in [0.3, 0.4) is 0 Å². The highest BCUT2D eigenvalue weighted by Crippen LogP contribution is 2.10. The van der Waals surface area contributed by atoms with Gasteiger partial charge in [0.25, 0.3) is 0 Å². The molecular weight excluding hydrogens is 496 g/mol. The Balaban J connectivity index is 0. The smallest absolute Gasteiger partial charge is 0.323 e. The van der Waals surface area contributed by atoms with E-state index in [4.69, 9.17) is 52.9 Å². The molecule has 0 aromatic heterocycles. The quantitative estimate of drug-likeness (QED) is 0.167. The lowest BCUT2D eigenvalue weighted by Crippen LogP contribution is -2.39. The number of rotatable bonds is 8. The van der Waals surface area contributed by atoms with Crippen LogP contribution in [0.2, 0.25) is 0 Å². The molecule has 1 aliphatic rings. The summed E-state index contributed by atoms with van der Waals surface area (Å²) in [6.07, 6.45) is 0.0991. The van der Waals surface area contributed by atoms with Crippen molar-refractivity contribution in [1.82, 2.24) is 5.32 Å². The molecule has 14 N–H and O–H groups in total. The monoisotopic (exact) mass is 534 g/mol. The summed E-state index contributed by atoms with van der Waals surface area (Å²) in [6, 6.07) is 2.84. The Morgan fingerprint density at radius 2 is 1.30 bits per heavy atom. The number of nitrogens with one attached hydrogen (secondary N) is 1. The molecule has 0 spiro atoms. The lowest BCUT2D eigenvalue weighted by Gasteiger charge is -2.07. The van der Waals surface area contributed by atoms with Crippen molar-refractivity contribution in [2.45, 2.75) is 69.5 Å². The zero-order chi connectivity index (χ0) is 29.3. The van der Waals surface area contributed by atoms with E-state index in [-0.39, 0.29) is 18.2 Å². The Kier molecular flexibility index (Phi) is 18.3. The molecule has 6 atom stereocenters. The van der Waals surface area contributed by atoms with Gasteiger partial charge < -0.3 is 58.3 Å². The van der Waals surface area contributed by atoms with Crippen molar-refractivity contribution in [3.63, 3.8) is 0 Å². The number of benzene rings is 1. The lowest BCUT2D eigenvalue weighted by molar-refractivity contribution is -0.141. The van der Waals surface area contributed by atoms with Crippen LogP contribution in [0.25, 0.3) is 0 Å². The zero-order valence-corrected chi connectivity index (χ0v) is 20.6. The van der Waals surface area contributed by atoms with E-state index in [9.17, 15) is 19.2 Å². The third-order valence-electron chi connectivity index (χ3n) is 4.68. The van der Waals surface area contributed by atoms with E-state index in [0.29, 0.717) is 0 Å². The highest BCUT2D eigenvalue weighted by atomic mass is 16.4. The summed E-state index contributed by atoms with van der Waals surface area (Å²) < 4.78 is 0. The second-order valence-corrected chi connectivity index (χ2v) is 8.01. The first-order chi connectivity index (χ1) is 17.0. The maximum Gasteiger partial charge on any atom is 0.323 e. The standard InChI is InChI=1S/C9H11NO3.C5H9NO2.2C4H9NO3/c10-8(9(12)13)5-6-1-3-7(11)4-2-6;7-5(8)4-2-1-3-6-4;2*1-2(6)3(5)4(7)8/h1-4,8,11H,5,10H2,(H,12,13);4,6H,1-3H2,(H,7,8);2*2-3,6H,5H2,1H3,(H,7,8)/t;;2-,3+;/m..0./s1. The molecule has 15 nitrogen and oxygen atoms in total. The van der Waals surface area contributed by atoms with Crippen LogP contribution in [0.5, 0.6) is 5.75 Å². The number of nitrogens with two attached hydrogens (primary N) is 3. The molecule has 1 heterocycles. The Bertz CT molecular complexity index is 788. The van der Waals surface area contributed by atoms with Gasteiger partial charge in [0.15, 0.2) is 0 Å². The predicted octanol–water partition coefficient (Wildman–Crippen LogP) is -2.27. The minimum absolute atomic E-state index is 0.160. The first-order valence-corrected chi connectivity index (χ1v) is 11.1. The molecular formula is C22H38N4O11. The van der Waals surface area contributed by atoms with Gasteiger partial charge in [0, 0.05) is 0 Å². The molecule has 212 valence electrons. The van der Waals surface area contributed by atoms with Gasteiger partial charge in [0.1, 0.15) is 29.9 Å². The van der Waals surface area contributed by atoms with Crippen molar-refractivity contribution in [1.29, 1.82) is 0 Å². The number of phenolic OH excluding ortho intramolecular Hbond substituents is 1. The van der Waals surface area contributed by atoms with Crippen molar-refractivity contribution < 1.29 is 54.9 Å². The molecule has 0 radical (unpaired) electrons. The molecule has 0 saturated carbocycles. The normalized spacial score (nSPS) is 18.0. The second-order valence-electron chi connectivity index (χ2n) is 8.01. The van der Waals surface area contributed by atoms with Gasteiger partial charge in [-0.3, -0.25) is 19.2 Å². The summed E-state index contributed by atoms with van der Waals surface area (Å²) in [5, 5.41) is 61.8. The van der Waals surface area contributed by atoms with Crippen LogP contribution in [-0.2, 0) is 25.6 Å². The average molecular weight is 535 g/mol. The summed E-state index contributed by atoms with van der Waals surface area (Å²) in [7, 11) is 0. The van der Waals surface area contributed by atoms with Crippen molar-refractivity contribution in [3.05, 3.63) is 29.8 Å². The van der Waals surface area contributed by atoms with Crippen LogP contribution in [0, 0.1) is 0 Å². The summed E-state index contributed by atoms with van der Waals surface area (Å²) in [5.41, 5.74) is 15.9. The van der Waals surface area contributed by atoms with E-state index in [0.717, 1.165) is 24.9 Å². The fourth-order valence-electron chi connectivity index (χ4n) is 2.28. The largest absolute Gasteiger partial charge is 0.508 e. The Hall–Kier alpha value is -3.34. The lowest BCUT2D eigenvalue weighted by atomic mass is 10.1. The van der Waals surface area contributed by atoms with Crippen LogP contribution in [0.15, 0.2) is 24.3 Å². The Morgan fingerprint density at radius 1 is 0.865 bits per heavy atom. The zero-order valence-electron chi connectivity index (χ0n) is 20.6. The molecule has 2 rings (SSSR count). The van der Waals surface area contributed by atoms with Gasteiger partial charge in [-0.25, -0.2) is 0 Å². The summed E-state index contributed by atoms with van der Waals surface area (Å²) in [5.74, 6) is -3.94. The molecule has 1 aromatic rings. The number of phenols is 1. The van der Waals surface area contributed by atoms with Crippen molar-refractivity contribution in [3.8, 4) is 5.75 Å². The molecule has 0 aliphatic carbocycles. The maximum absolute atomic E-state index is 10.4. The summed E-state index contributed by atoms with van der Waals surface area (Å²) in [6.45, 7) is 3.52. The van der Waals surface area contributed by atoms with Crippen LogP contribution in [0.4, 0.5) is 0 Å². The van der Waals surface area contributed by atoms with Gasteiger partial charge in [0.05, 0.1) is 12.2 Å². The van der Waals surface area contributed by atoms with Gasteiger partial charge in [-0.05, 0) is 57.4 Å². The van der Waals surface area contributed by atoms with E-state index in [1.165, 1.54) is 26.0 Å². The number of carboxylic acids is 4. The number of carbonyl (C=O) groups is 4. The molecule has 37 heavy (non-hydrogen) atoms. The molecule has 1 fully saturated rings. The minimum atomic E-state index is -1.18. The molecule has 1 saturated heterocycles. The van der Waals surface area contributed by atoms with E-state index in [2.05, 4.69) is 5.32 Å². The molecule has 0 amide bonds. The molecule has 0 bridgehead atoms. The fraction of sp³-hybridized carbons (Fsp3) is 0.545. The Labute approximate surface area is 213 Å². The minimum Gasteiger partial charge on any atom is -0.508 e. The van der Waals surface area contributed by atoms with Crippen molar-refractivity contribution >= 4 is 23.9 Å². The number of hydrogen-bond acceptors (Lipinski definition) is 11. The molecule has 1 aliphatic heterocycles. The van der Waals surface area contributed by atoms with Crippen molar-refractivity contribution in [2.24, 2.45) is 17.2 Å². The van der Waals surface area contributed by atoms with Gasteiger partial charge in [-0.2, -0.15) is 0 Å². The first kappa shape index (κ1) is 35.8. The van der Waals surface area contributed by atoms with Gasteiger partial charge in [0.2, 0.25) is 0 Å². The second kappa shape index (κ2) is 18.9. The third-order valence-corrected chi connectivity index (χ3v) is 4.68. The average Bonchev–Trinajstić information content (AvgIpc) is 3.36. The van der Waals surface area contributed by atoms with Crippen LogP contribution < -0.4 is 22.5 Å². The van der Waals surface area contributed by atoms with Gasteiger partial charge in [-0.15, -0.1) is 0 Å². The molecule has 1 aromatic carbocycles. The predicted molar refractivity (Wildman–Crippen MR) is 131 cm³/mol. The third kappa shape index (κ3) is 17.7. The van der Waals surface area contributed by atoms with Crippen LogP contribution >= 0.6 is 0 Å². The maximum atomic E-state index is 10.4. The number of carboxylic acid groups (broad SMARTS) is 4. The van der Waals surface area contributed by atoms with E-state index >= 15 is 0 Å². The fourth-order valence-corrected chi connectivity index (χ4v) is 2.28. The number of aliphatic hydroxyl groups is 2.